The fraction of sp³-hybridized carbons (Fsp3) is 0.909. The number of likely N-dealkylation sites (tertiary alicyclic amines) is 1. The third-order valence-corrected chi connectivity index (χ3v) is 4.77. The van der Waals surface area contributed by atoms with Crippen molar-refractivity contribution in [1.82, 2.24) is 4.90 Å². The van der Waals surface area contributed by atoms with Crippen molar-refractivity contribution in [2.45, 2.75) is 45.6 Å². The highest BCUT2D eigenvalue weighted by molar-refractivity contribution is 7.92. The zero-order valence-electron chi connectivity index (χ0n) is 10.1. The Balaban J connectivity index is 2.65. The van der Waals surface area contributed by atoms with E-state index in [1.807, 2.05) is 6.92 Å². The number of carbonyl (C=O) groups excluding carboxylic acids is 1. The highest BCUT2D eigenvalue weighted by Crippen LogP contribution is 2.19. The monoisotopic (exact) mass is 247 g/mol. The van der Waals surface area contributed by atoms with Crippen molar-refractivity contribution in [3.05, 3.63) is 0 Å². The van der Waals surface area contributed by atoms with Crippen LogP contribution in [0.2, 0.25) is 0 Å². The van der Waals surface area contributed by atoms with Crippen molar-refractivity contribution < 1.29 is 13.2 Å². The van der Waals surface area contributed by atoms with Gasteiger partial charge in [-0.3, -0.25) is 4.79 Å². The first-order chi connectivity index (χ1) is 7.50. The molecule has 5 heteroatoms. The Labute approximate surface area is 97.9 Å². The number of rotatable bonds is 4. The van der Waals surface area contributed by atoms with E-state index >= 15 is 0 Å². The Bertz CT molecular complexity index is 337. The van der Waals surface area contributed by atoms with Crippen LogP contribution in [0.15, 0.2) is 0 Å². The van der Waals surface area contributed by atoms with Crippen molar-refractivity contribution in [2.24, 2.45) is 0 Å². The molecule has 16 heavy (non-hydrogen) atoms. The first kappa shape index (κ1) is 13.5. The van der Waals surface area contributed by atoms with Gasteiger partial charge in [-0.1, -0.05) is 13.8 Å². The standard InChI is InChI=1S/C11H21NO3S/c1-3-10-7-5-6-8-12(10)11(13)9-16(14,15)4-2/h10H,3-9H2,1-2H3. The molecule has 0 saturated carbocycles. The summed E-state index contributed by atoms with van der Waals surface area (Å²) in [5, 5.41) is 0. The van der Waals surface area contributed by atoms with Crippen LogP contribution in [-0.2, 0) is 14.6 Å². The summed E-state index contributed by atoms with van der Waals surface area (Å²) in [6.07, 6.45) is 4.06. The summed E-state index contributed by atoms with van der Waals surface area (Å²) >= 11 is 0. The smallest absolute Gasteiger partial charge is 0.238 e. The summed E-state index contributed by atoms with van der Waals surface area (Å²) in [5.74, 6) is -0.489. The lowest BCUT2D eigenvalue weighted by atomic mass is 10.0. The minimum absolute atomic E-state index is 0.0450. The summed E-state index contributed by atoms with van der Waals surface area (Å²) in [4.78, 5) is 13.6. The lowest BCUT2D eigenvalue weighted by molar-refractivity contribution is -0.132. The van der Waals surface area contributed by atoms with Gasteiger partial charge in [-0.2, -0.15) is 0 Å². The van der Waals surface area contributed by atoms with Crippen LogP contribution in [0.1, 0.15) is 39.5 Å². The molecule has 0 bridgehead atoms. The SMILES string of the molecule is CCC1CCCCN1C(=O)CS(=O)(=O)CC. The lowest BCUT2D eigenvalue weighted by Crippen LogP contribution is -2.45. The molecule has 1 saturated heterocycles. The van der Waals surface area contributed by atoms with Crippen LogP contribution in [0.3, 0.4) is 0 Å². The molecule has 1 atom stereocenters. The molecule has 1 amide bonds. The number of sulfone groups is 1. The zero-order chi connectivity index (χ0) is 12.2. The van der Waals surface area contributed by atoms with E-state index < -0.39 is 9.84 Å². The second kappa shape index (κ2) is 5.66. The maximum absolute atomic E-state index is 11.9. The molecule has 4 nitrogen and oxygen atoms in total. The zero-order valence-corrected chi connectivity index (χ0v) is 10.9. The van der Waals surface area contributed by atoms with Crippen molar-refractivity contribution in [3.63, 3.8) is 0 Å². The van der Waals surface area contributed by atoms with Gasteiger partial charge < -0.3 is 4.90 Å². The Kier molecular flexibility index (Phi) is 4.77. The van der Waals surface area contributed by atoms with Gasteiger partial charge >= 0.3 is 0 Å². The molecule has 1 heterocycles. The molecule has 0 aliphatic carbocycles. The maximum atomic E-state index is 11.9. The molecule has 1 aliphatic rings. The largest absolute Gasteiger partial charge is 0.339 e. The van der Waals surface area contributed by atoms with Gasteiger partial charge in [0, 0.05) is 18.3 Å². The Morgan fingerprint density at radius 2 is 2.00 bits per heavy atom. The van der Waals surface area contributed by atoms with Crippen molar-refractivity contribution in [1.29, 1.82) is 0 Å². The molecule has 0 spiro atoms. The number of hydrogen-bond acceptors (Lipinski definition) is 3. The van der Waals surface area contributed by atoms with Gasteiger partial charge in [0.2, 0.25) is 5.91 Å². The van der Waals surface area contributed by atoms with Gasteiger partial charge in [0.05, 0.1) is 0 Å². The van der Waals surface area contributed by atoms with E-state index in [2.05, 4.69) is 0 Å². The fourth-order valence-electron chi connectivity index (χ4n) is 2.13. The van der Waals surface area contributed by atoms with E-state index in [0.717, 1.165) is 32.2 Å². The number of hydrogen-bond donors (Lipinski definition) is 0. The van der Waals surface area contributed by atoms with E-state index in [-0.39, 0.29) is 23.5 Å². The van der Waals surface area contributed by atoms with Crippen molar-refractivity contribution in [2.75, 3.05) is 18.1 Å². The molecule has 1 fully saturated rings. The van der Waals surface area contributed by atoms with E-state index in [1.165, 1.54) is 0 Å². The fourth-order valence-corrected chi connectivity index (χ4v) is 2.87. The number of nitrogens with zero attached hydrogens (tertiary/aromatic N) is 1. The summed E-state index contributed by atoms with van der Waals surface area (Å²) in [6, 6.07) is 0.244. The second-order valence-electron chi connectivity index (χ2n) is 4.32. The average Bonchev–Trinajstić information content (AvgIpc) is 2.28. The van der Waals surface area contributed by atoms with Crippen LogP contribution >= 0.6 is 0 Å². The Hall–Kier alpha value is -0.580. The Morgan fingerprint density at radius 1 is 1.31 bits per heavy atom. The molecule has 1 rings (SSSR count). The molecule has 0 radical (unpaired) electrons. The summed E-state index contributed by atoms with van der Waals surface area (Å²) in [6.45, 7) is 4.34. The molecule has 0 aromatic carbocycles. The molecule has 1 unspecified atom stereocenters. The lowest BCUT2D eigenvalue weighted by Gasteiger charge is -2.35. The average molecular weight is 247 g/mol. The van der Waals surface area contributed by atoms with Gasteiger partial charge in [-0.15, -0.1) is 0 Å². The normalized spacial score (nSPS) is 22.1. The molecule has 0 aromatic heterocycles. The predicted octanol–water partition coefficient (Wildman–Crippen LogP) is 1.21. The first-order valence-corrected chi connectivity index (χ1v) is 7.82. The summed E-state index contributed by atoms with van der Waals surface area (Å²) < 4.78 is 22.8. The van der Waals surface area contributed by atoms with Crippen molar-refractivity contribution >= 4 is 15.7 Å². The minimum Gasteiger partial charge on any atom is -0.339 e. The molecular weight excluding hydrogens is 226 g/mol. The van der Waals surface area contributed by atoms with Crippen LogP contribution in [-0.4, -0.2) is 43.3 Å². The summed E-state index contributed by atoms with van der Waals surface area (Å²) in [7, 11) is -3.19. The Morgan fingerprint density at radius 3 is 2.56 bits per heavy atom. The maximum Gasteiger partial charge on any atom is 0.238 e. The quantitative estimate of drug-likeness (QED) is 0.750. The number of piperidine rings is 1. The van der Waals surface area contributed by atoms with E-state index in [1.54, 1.807) is 11.8 Å². The second-order valence-corrected chi connectivity index (χ2v) is 6.67. The topological polar surface area (TPSA) is 54.5 Å². The van der Waals surface area contributed by atoms with Gasteiger partial charge in [0.15, 0.2) is 9.84 Å². The minimum atomic E-state index is -3.19. The van der Waals surface area contributed by atoms with Gasteiger partial charge in [0.25, 0.3) is 0 Å². The van der Waals surface area contributed by atoms with Crippen LogP contribution in [0.5, 0.6) is 0 Å². The van der Waals surface area contributed by atoms with Gasteiger partial charge in [-0.25, -0.2) is 8.42 Å². The molecule has 94 valence electrons. The third-order valence-electron chi connectivity index (χ3n) is 3.20. The van der Waals surface area contributed by atoms with Crippen LogP contribution < -0.4 is 0 Å². The first-order valence-electron chi connectivity index (χ1n) is 6.00. The molecule has 0 N–H and O–H groups in total. The molecule has 0 aromatic rings. The van der Waals surface area contributed by atoms with Crippen LogP contribution in [0.25, 0.3) is 0 Å². The third kappa shape index (κ3) is 3.47. The van der Waals surface area contributed by atoms with Crippen LogP contribution in [0.4, 0.5) is 0 Å². The van der Waals surface area contributed by atoms with E-state index in [9.17, 15) is 13.2 Å². The predicted molar refractivity (Wildman–Crippen MR) is 64.0 cm³/mol. The van der Waals surface area contributed by atoms with Crippen molar-refractivity contribution in [3.8, 4) is 0 Å². The van der Waals surface area contributed by atoms with Gasteiger partial charge in [0.1, 0.15) is 5.75 Å². The van der Waals surface area contributed by atoms with Crippen LogP contribution in [0, 0.1) is 0 Å². The number of amides is 1. The number of carbonyl (C=O) groups is 1. The molecular formula is C11H21NO3S. The summed E-state index contributed by atoms with van der Waals surface area (Å²) in [5.41, 5.74) is 0. The highest BCUT2D eigenvalue weighted by Gasteiger charge is 2.27. The van der Waals surface area contributed by atoms with E-state index in [0.29, 0.717) is 0 Å². The van der Waals surface area contributed by atoms with E-state index in [4.69, 9.17) is 0 Å². The highest BCUT2D eigenvalue weighted by atomic mass is 32.2. The van der Waals surface area contributed by atoms with Gasteiger partial charge in [-0.05, 0) is 25.7 Å². The molecule has 1 aliphatic heterocycles.